The Morgan fingerprint density at radius 2 is 1.72 bits per heavy atom. The number of anilines is 1. The molecule has 2 aromatic rings. The molecule has 132 valence electrons. The maximum absolute atomic E-state index is 13.3. The lowest BCUT2D eigenvalue weighted by molar-refractivity contribution is -0.122. The van der Waals surface area contributed by atoms with Crippen molar-refractivity contribution in [3.05, 3.63) is 53.2 Å². The molecule has 0 radical (unpaired) electrons. The molecular weight excluding hydrogens is 312 g/mol. The molecule has 0 spiro atoms. The smallest absolute Gasteiger partial charge is 0.235 e. The van der Waals surface area contributed by atoms with Crippen molar-refractivity contribution in [2.75, 3.05) is 12.4 Å². The zero-order valence-corrected chi connectivity index (χ0v) is 15.3. The maximum Gasteiger partial charge on any atom is 0.235 e. The molecule has 3 rings (SSSR count). The Morgan fingerprint density at radius 3 is 2.32 bits per heavy atom. The van der Waals surface area contributed by atoms with Gasteiger partial charge < -0.3 is 10.1 Å². The second-order valence-corrected chi connectivity index (χ2v) is 6.95. The standard InChI is InChI=1S/C21H26N2O2/c1-15-7-9-17(10-8-15)21(13-5-4-6-14-21)20(24)23-18-11-12-19(25-3)22-16(18)2/h7-12H,4-6,13-14H2,1-3H3,(H,23,24). The van der Waals surface area contributed by atoms with Crippen molar-refractivity contribution in [1.82, 2.24) is 4.98 Å². The van der Waals surface area contributed by atoms with E-state index in [-0.39, 0.29) is 5.91 Å². The number of ether oxygens (including phenoxy) is 1. The van der Waals surface area contributed by atoms with Crippen LogP contribution in [0.1, 0.15) is 48.9 Å². The Balaban J connectivity index is 1.91. The van der Waals surface area contributed by atoms with Crippen LogP contribution in [0.5, 0.6) is 5.88 Å². The van der Waals surface area contributed by atoms with Crippen LogP contribution < -0.4 is 10.1 Å². The van der Waals surface area contributed by atoms with E-state index in [4.69, 9.17) is 4.74 Å². The summed E-state index contributed by atoms with van der Waals surface area (Å²) in [6.45, 7) is 3.96. The molecule has 0 bridgehead atoms. The molecular formula is C21H26N2O2. The Hall–Kier alpha value is -2.36. The highest BCUT2D eigenvalue weighted by Crippen LogP contribution is 2.40. The molecule has 4 heteroatoms. The van der Waals surface area contributed by atoms with Gasteiger partial charge in [-0.3, -0.25) is 4.79 Å². The van der Waals surface area contributed by atoms with Gasteiger partial charge in [-0.2, -0.15) is 0 Å². The molecule has 1 aliphatic carbocycles. The van der Waals surface area contributed by atoms with Crippen LogP contribution in [-0.2, 0) is 10.2 Å². The number of hydrogen-bond donors (Lipinski definition) is 1. The van der Waals surface area contributed by atoms with Gasteiger partial charge in [0.05, 0.1) is 23.9 Å². The van der Waals surface area contributed by atoms with Gasteiger partial charge in [-0.1, -0.05) is 49.1 Å². The fraction of sp³-hybridized carbons (Fsp3) is 0.429. The Bertz CT molecular complexity index is 747. The van der Waals surface area contributed by atoms with Gasteiger partial charge in [0.1, 0.15) is 0 Å². The number of amides is 1. The van der Waals surface area contributed by atoms with Crippen LogP contribution in [-0.4, -0.2) is 18.0 Å². The first-order valence-electron chi connectivity index (χ1n) is 8.95. The number of benzene rings is 1. The van der Waals surface area contributed by atoms with Gasteiger partial charge in [0.25, 0.3) is 0 Å². The first kappa shape index (κ1) is 17.5. The number of pyridine rings is 1. The molecule has 1 heterocycles. The Labute approximate surface area is 149 Å². The lowest BCUT2D eigenvalue weighted by Crippen LogP contribution is -2.42. The summed E-state index contributed by atoms with van der Waals surface area (Å²) >= 11 is 0. The van der Waals surface area contributed by atoms with E-state index >= 15 is 0 Å². The zero-order valence-electron chi connectivity index (χ0n) is 15.3. The number of hydrogen-bond acceptors (Lipinski definition) is 3. The van der Waals surface area contributed by atoms with Gasteiger partial charge in [-0.05, 0) is 38.3 Å². The van der Waals surface area contributed by atoms with Crippen molar-refractivity contribution < 1.29 is 9.53 Å². The monoisotopic (exact) mass is 338 g/mol. The number of aromatic nitrogens is 1. The van der Waals surface area contributed by atoms with Crippen molar-refractivity contribution >= 4 is 11.6 Å². The third-order valence-electron chi connectivity index (χ3n) is 5.26. The molecule has 0 saturated heterocycles. The van der Waals surface area contributed by atoms with Crippen molar-refractivity contribution in [1.29, 1.82) is 0 Å². The molecule has 4 nitrogen and oxygen atoms in total. The van der Waals surface area contributed by atoms with Crippen LogP contribution in [0.25, 0.3) is 0 Å². The van der Waals surface area contributed by atoms with Gasteiger partial charge in [0.2, 0.25) is 11.8 Å². The summed E-state index contributed by atoms with van der Waals surface area (Å²) in [6.07, 6.45) is 5.15. The highest BCUT2D eigenvalue weighted by molar-refractivity contribution is 5.99. The third-order valence-corrected chi connectivity index (χ3v) is 5.26. The highest BCUT2D eigenvalue weighted by atomic mass is 16.5. The zero-order chi connectivity index (χ0) is 17.9. The van der Waals surface area contributed by atoms with Crippen LogP contribution in [0.4, 0.5) is 5.69 Å². The second-order valence-electron chi connectivity index (χ2n) is 6.95. The predicted molar refractivity (Wildman–Crippen MR) is 100 cm³/mol. The average Bonchev–Trinajstić information content (AvgIpc) is 2.64. The van der Waals surface area contributed by atoms with Gasteiger partial charge in [-0.15, -0.1) is 0 Å². The van der Waals surface area contributed by atoms with E-state index in [9.17, 15) is 4.79 Å². The van der Waals surface area contributed by atoms with Crippen LogP contribution >= 0.6 is 0 Å². The lowest BCUT2D eigenvalue weighted by atomic mass is 9.68. The van der Waals surface area contributed by atoms with Crippen LogP contribution in [0, 0.1) is 13.8 Å². The fourth-order valence-electron chi connectivity index (χ4n) is 3.70. The van der Waals surface area contributed by atoms with Crippen molar-refractivity contribution in [2.24, 2.45) is 0 Å². The summed E-state index contributed by atoms with van der Waals surface area (Å²) in [5, 5.41) is 3.13. The Morgan fingerprint density at radius 1 is 1.04 bits per heavy atom. The minimum Gasteiger partial charge on any atom is -0.481 e. The van der Waals surface area contributed by atoms with Gasteiger partial charge in [-0.25, -0.2) is 4.98 Å². The Kier molecular flexibility index (Phi) is 5.07. The normalized spacial score (nSPS) is 16.3. The van der Waals surface area contributed by atoms with E-state index in [1.165, 1.54) is 12.0 Å². The molecule has 1 saturated carbocycles. The van der Waals surface area contributed by atoms with E-state index < -0.39 is 5.41 Å². The van der Waals surface area contributed by atoms with Gasteiger partial charge in [0.15, 0.2) is 0 Å². The summed E-state index contributed by atoms with van der Waals surface area (Å²) in [7, 11) is 1.59. The van der Waals surface area contributed by atoms with Crippen LogP contribution in [0.3, 0.4) is 0 Å². The van der Waals surface area contributed by atoms with Crippen LogP contribution in [0.15, 0.2) is 36.4 Å². The number of carbonyl (C=O) groups excluding carboxylic acids is 1. The highest BCUT2D eigenvalue weighted by Gasteiger charge is 2.41. The SMILES string of the molecule is COc1ccc(NC(=O)C2(c3ccc(C)cc3)CCCCC2)c(C)n1. The summed E-state index contributed by atoms with van der Waals surface area (Å²) in [5.74, 6) is 0.632. The van der Waals surface area contributed by atoms with Gasteiger partial charge in [0, 0.05) is 6.07 Å². The van der Waals surface area contributed by atoms with Crippen molar-refractivity contribution in [3.63, 3.8) is 0 Å². The summed E-state index contributed by atoms with van der Waals surface area (Å²) in [6, 6.07) is 12.1. The second kappa shape index (κ2) is 7.26. The average molecular weight is 338 g/mol. The van der Waals surface area contributed by atoms with E-state index in [0.717, 1.165) is 42.6 Å². The fourth-order valence-corrected chi connectivity index (χ4v) is 3.70. The number of nitrogens with one attached hydrogen (secondary N) is 1. The number of nitrogens with zero attached hydrogens (tertiary/aromatic N) is 1. The molecule has 0 aliphatic heterocycles. The molecule has 25 heavy (non-hydrogen) atoms. The molecule has 0 atom stereocenters. The number of aryl methyl sites for hydroxylation is 2. The molecule has 1 amide bonds. The molecule has 1 N–H and O–H groups in total. The van der Waals surface area contributed by atoms with E-state index in [1.54, 1.807) is 13.2 Å². The minimum absolute atomic E-state index is 0.0751. The van der Waals surface area contributed by atoms with Gasteiger partial charge >= 0.3 is 0 Å². The lowest BCUT2D eigenvalue weighted by Gasteiger charge is -2.36. The summed E-state index contributed by atoms with van der Waals surface area (Å²) in [4.78, 5) is 17.7. The summed E-state index contributed by atoms with van der Waals surface area (Å²) < 4.78 is 5.15. The molecule has 1 aromatic heterocycles. The first-order chi connectivity index (χ1) is 12.0. The topological polar surface area (TPSA) is 51.2 Å². The number of methoxy groups -OCH3 is 1. The van der Waals surface area contributed by atoms with Crippen molar-refractivity contribution in [3.8, 4) is 5.88 Å². The molecule has 1 fully saturated rings. The van der Waals surface area contributed by atoms with E-state index in [2.05, 4.69) is 41.5 Å². The van der Waals surface area contributed by atoms with Crippen molar-refractivity contribution in [2.45, 2.75) is 51.4 Å². The van der Waals surface area contributed by atoms with E-state index in [0.29, 0.717) is 5.88 Å². The maximum atomic E-state index is 13.3. The summed E-state index contributed by atoms with van der Waals surface area (Å²) in [5.41, 5.74) is 3.41. The first-order valence-corrected chi connectivity index (χ1v) is 8.95. The largest absolute Gasteiger partial charge is 0.481 e. The predicted octanol–water partition coefficient (Wildman–Crippen LogP) is 4.55. The van der Waals surface area contributed by atoms with E-state index in [1.807, 2.05) is 13.0 Å². The number of rotatable bonds is 4. The third kappa shape index (κ3) is 3.53. The quantitative estimate of drug-likeness (QED) is 0.890. The molecule has 1 aromatic carbocycles. The molecule has 0 unspecified atom stereocenters. The minimum atomic E-state index is -0.446. The molecule has 1 aliphatic rings. The van der Waals surface area contributed by atoms with Crippen LogP contribution in [0.2, 0.25) is 0 Å². The number of carbonyl (C=O) groups is 1.